The molecule has 0 radical (unpaired) electrons. The van der Waals surface area contributed by atoms with Gasteiger partial charge >= 0.3 is 0 Å². The Bertz CT molecular complexity index is 1010. The van der Waals surface area contributed by atoms with E-state index in [0.717, 1.165) is 0 Å². The van der Waals surface area contributed by atoms with Crippen LogP contribution in [0.25, 0.3) is 16.7 Å². The molecule has 1 aromatic carbocycles. The fourth-order valence-electron chi connectivity index (χ4n) is 2.43. The van der Waals surface area contributed by atoms with Gasteiger partial charge in [-0.05, 0) is 36.4 Å². The lowest BCUT2D eigenvalue weighted by atomic mass is 10.2. The van der Waals surface area contributed by atoms with Gasteiger partial charge in [0.1, 0.15) is 23.7 Å². The normalized spacial score (nSPS) is 10.9. The third-order valence-corrected chi connectivity index (χ3v) is 3.60. The smallest absolute Gasteiger partial charge is 0.272 e. The molecule has 1 amide bonds. The highest BCUT2D eigenvalue weighted by Crippen LogP contribution is 2.18. The first kappa shape index (κ1) is 14.1. The van der Waals surface area contributed by atoms with Gasteiger partial charge in [-0.3, -0.25) is 9.36 Å². The van der Waals surface area contributed by atoms with E-state index in [4.69, 9.17) is 0 Å². The van der Waals surface area contributed by atoms with Crippen molar-refractivity contribution in [3.63, 3.8) is 0 Å². The maximum atomic E-state index is 13.2. The van der Waals surface area contributed by atoms with Crippen LogP contribution in [0.5, 0.6) is 0 Å². The Kier molecular flexibility index (Phi) is 3.31. The standard InChI is InChI=1S/C17H12FN5O/c18-12-1-3-14-11(7-12)8-15(22-14)17(24)21-13-2-4-16(20-9-13)23-6-5-19-10-23/h1-10,22H,(H,21,24). The summed E-state index contributed by atoms with van der Waals surface area (Å²) in [6.07, 6.45) is 6.65. The average molecular weight is 321 g/mol. The summed E-state index contributed by atoms with van der Waals surface area (Å²) in [7, 11) is 0. The van der Waals surface area contributed by atoms with E-state index < -0.39 is 0 Å². The molecule has 0 bridgehead atoms. The number of amides is 1. The monoisotopic (exact) mass is 321 g/mol. The molecular formula is C17H12FN5O. The number of imidazole rings is 1. The molecule has 0 unspecified atom stereocenters. The molecule has 4 rings (SSSR count). The summed E-state index contributed by atoms with van der Waals surface area (Å²) in [5.74, 6) is 0.0446. The largest absolute Gasteiger partial charge is 0.351 e. The van der Waals surface area contributed by atoms with E-state index in [9.17, 15) is 9.18 Å². The molecule has 0 fully saturated rings. The first-order valence-electron chi connectivity index (χ1n) is 7.23. The molecule has 0 saturated carbocycles. The number of benzene rings is 1. The molecular weight excluding hydrogens is 309 g/mol. The van der Waals surface area contributed by atoms with Gasteiger partial charge < -0.3 is 10.3 Å². The van der Waals surface area contributed by atoms with Crippen molar-refractivity contribution in [1.29, 1.82) is 0 Å². The molecule has 0 aliphatic carbocycles. The maximum Gasteiger partial charge on any atom is 0.272 e. The van der Waals surface area contributed by atoms with Crippen molar-refractivity contribution in [3.8, 4) is 5.82 Å². The van der Waals surface area contributed by atoms with Crippen molar-refractivity contribution < 1.29 is 9.18 Å². The van der Waals surface area contributed by atoms with Crippen molar-refractivity contribution in [2.24, 2.45) is 0 Å². The maximum absolute atomic E-state index is 13.2. The van der Waals surface area contributed by atoms with Crippen molar-refractivity contribution in [3.05, 3.63) is 72.8 Å². The van der Waals surface area contributed by atoms with E-state index in [2.05, 4.69) is 20.3 Å². The number of nitrogens with zero attached hydrogens (tertiary/aromatic N) is 3. The number of H-pyrrole nitrogens is 1. The van der Waals surface area contributed by atoms with Crippen molar-refractivity contribution in [1.82, 2.24) is 19.5 Å². The molecule has 0 aliphatic heterocycles. The van der Waals surface area contributed by atoms with Crippen LogP contribution >= 0.6 is 0 Å². The Morgan fingerprint density at radius 3 is 2.88 bits per heavy atom. The Morgan fingerprint density at radius 1 is 1.21 bits per heavy atom. The predicted octanol–water partition coefficient (Wildman–Crippen LogP) is 3.14. The van der Waals surface area contributed by atoms with E-state index in [1.165, 1.54) is 12.1 Å². The van der Waals surface area contributed by atoms with E-state index >= 15 is 0 Å². The fraction of sp³-hybridized carbons (Fsp3) is 0. The van der Waals surface area contributed by atoms with Gasteiger partial charge in [0.15, 0.2) is 0 Å². The minimum Gasteiger partial charge on any atom is -0.351 e. The molecule has 3 heterocycles. The van der Waals surface area contributed by atoms with Crippen molar-refractivity contribution in [2.75, 3.05) is 5.32 Å². The van der Waals surface area contributed by atoms with Crippen LogP contribution in [0.4, 0.5) is 10.1 Å². The molecule has 118 valence electrons. The predicted molar refractivity (Wildman–Crippen MR) is 87.6 cm³/mol. The highest BCUT2D eigenvalue weighted by Gasteiger charge is 2.10. The van der Waals surface area contributed by atoms with Crippen LogP contribution in [0, 0.1) is 5.82 Å². The quantitative estimate of drug-likeness (QED) is 0.608. The topological polar surface area (TPSA) is 75.6 Å². The highest BCUT2D eigenvalue weighted by molar-refractivity contribution is 6.05. The molecule has 6 nitrogen and oxygen atoms in total. The Hall–Kier alpha value is -3.48. The van der Waals surface area contributed by atoms with E-state index in [0.29, 0.717) is 28.1 Å². The van der Waals surface area contributed by atoms with Crippen LogP contribution in [0.2, 0.25) is 0 Å². The molecule has 4 aromatic rings. The summed E-state index contributed by atoms with van der Waals surface area (Å²) in [6.45, 7) is 0. The van der Waals surface area contributed by atoms with Gasteiger partial charge in [-0.1, -0.05) is 0 Å². The van der Waals surface area contributed by atoms with Crippen LogP contribution in [0.15, 0.2) is 61.3 Å². The highest BCUT2D eigenvalue weighted by atomic mass is 19.1. The third-order valence-electron chi connectivity index (χ3n) is 3.60. The van der Waals surface area contributed by atoms with Crippen LogP contribution in [-0.2, 0) is 0 Å². The lowest BCUT2D eigenvalue weighted by Crippen LogP contribution is -2.12. The molecule has 24 heavy (non-hydrogen) atoms. The number of pyridine rings is 1. The molecule has 0 spiro atoms. The van der Waals surface area contributed by atoms with Crippen molar-refractivity contribution in [2.45, 2.75) is 0 Å². The second kappa shape index (κ2) is 5.62. The first-order valence-corrected chi connectivity index (χ1v) is 7.23. The van der Waals surface area contributed by atoms with Crippen LogP contribution in [0.3, 0.4) is 0 Å². The zero-order chi connectivity index (χ0) is 16.5. The minimum atomic E-state index is -0.340. The number of nitrogens with one attached hydrogen (secondary N) is 2. The second-order valence-corrected chi connectivity index (χ2v) is 5.24. The second-order valence-electron chi connectivity index (χ2n) is 5.24. The zero-order valence-electron chi connectivity index (χ0n) is 12.4. The van der Waals surface area contributed by atoms with E-state index in [-0.39, 0.29) is 11.7 Å². The summed E-state index contributed by atoms with van der Waals surface area (Å²) >= 11 is 0. The van der Waals surface area contributed by atoms with Crippen LogP contribution in [0.1, 0.15) is 10.5 Å². The van der Waals surface area contributed by atoms with Crippen LogP contribution < -0.4 is 5.32 Å². The number of anilines is 1. The lowest BCUT2D eigenvalue weighted by molar-refractivity contribution is 0.102. The molecule has 0 atom stereocenters. The van der Waals surface area contributed by atoms with Gasteiger partial charge in [-0.15, -0.1) is 0 Å². The molecule has 7 heteroatoms. The fourth-order valence-corrected chi connectivity index (χ4v) is 2.43. The number of halogens is 1. The van der Waals surface area contributed by atoms with Gasteiger partial charge in [0.2, 0.25) is 0 Å². The number of hydrogen-bond donors (Lipinski definition) is 2. The summed E-state index contributed by atoms with van der Waals surface area (Å²) in [4.78, 5) is 23.5. The number of rotatable bonds is 3. The number of aromatic amines is 1. The van der Waals surface area contributed by atoms with E-state index in [1.54, 1.807) is 53.8 Å². The molecule has 3 aromatic heterocycles. The number of carbonyl (C=O) groups is 1. The van der Waals surface area contributed by atoms with Gasteiger partial charge in [0, 0.05) is 23.3 Å². The number of fused-ring (bicyclic) bond motifs is 1. The first-order chi connectivity index (χ1) is 11.7. The zero-order valence-corrected chi connectivity index (χ0v) is 12.4. The van der Waals surface area contributed by atoms with Gasteiger partial charge in [-0.2, -0.15) is 0 Å². The van der Waals surface area contributed by atoms with Crippen molar-refractivity contribution >= 4 is 22.5 Å². The van der Waals surface area contributed by atoms with Gasteiger partial charge in [0.25, 0.3) is 5.91 Å². The third kappa shape index (κ3) is 2.63. The average Bonchev–Trinajstić information content (AvgIpc) is 3.24. The summed E-state index contributed by atoms with van der Waals surface area (Å²) in [5, 5.41) is 3.40. The minimum absolute atomic E-state index is 0.316. The Balaban J connectivity index is 1.54. The summed E-state index contributed by atoms with van der Waals surface area (Å²) in [5.41, 5.74) is 1.62. The lowest BCUT2D eigenvalue weighted by Gasteiger charge is -2.05. The van der Waals surface area contributed by atoms with Crippen LogP contribution in [-0.4, -0.2) is 25.4 Å². The SMILES string of the molecule is O=C(Nc1ccc(-n2ccnc2)nc1)c1cc2cc(F)ccc2[nH]1. The summed E-state index contributed by atoms with van der Waals surface area (Å²) in [6, 6.07) is 9.47. The van der Waals surface area contributed by atoms with Gasteiger partial charge in [-0.25, -0.2) is 14.4 Å². The summed E-state index contributed by atoms with van der Waals surface area (Å²) < 4.78 is 15.0. The molecule has 0 aliphatic rings. The molecule has 0 saturated heterocycles. The number of carbonyl (C=O) groups excluding carboxylic acids is 1. The Morgan fingerprint density at radius 2 is 2.12 bits per heavy atom. The molecule has 2 N–H and O–H groups in total. The van der Waals surface area contributed by atoms with Gasteiger partial charge in [0.05, 0.1) is 11.9 Å². The Labute approximate surface area is 136 Å². The number of hydrogen-bond acceptors (Lipinski definition) is 3. The number of aromatic nitrogens is 4. The van der Waals surface area contributed by atoms with E-state index in [1.807, 2.05) is 0 Å².